The van der Waals surface area contributed by atoms with Crippen LogP contribution in [0.25, 0.3) is 0 Å². The molecule has 2 fully saturated rings. The van der Waals surface area contributed by atoms with Gasteiger partial charge >= 0.3 is 6.03 Å². The van der Waals surface area contributed by atoms with Gasteiger partial charge in [-0.3, -0.25) is 4.90 Å². The van der Waals surface area contributed by atoms with Crippen LogP contribution in [0.5, 0.6) is 0 Å². The topological polar surface area (TPSA) is 99.3 Å². The summed E-state index contributed by atoms with van der Waals surface area (Å²) in [5.74, 6) is 0.351. The highest BCUT2D eigenvalue weighted by Crippen LogP contribution is 2.29. The third-order valence-electron chi connectivity index (χ3n) is 4.56. The summed E-state index contributed by atoms with van der Waals surface area (Å²) in [7, 11) is -0.0385. The molecule has 1 aromatic rings. The molecule has 2 amide bonds. The molecule has 0 saturated carbocycles. The van der Waals surface area contributed by atoms with Crippen molar-refractivity contribution in [2.45, 2.75) is 18.5 Å². The van der Waals surface area contributed by atoms with Gasteiger partial charge in [0.2, 0.25) is 0 Å². The first-order valence-electron chi connectivity index (χ1n) is 8.09. The molecule has 0 aromatic heterocycles. The largest absolute Gasteiger partial charge is 0.362 e. The Morgan fingerprint density at radius 2 is 1.92 bits per heavy atom. The molecule has 136 valence electrons. The number of rotatable bonds is 3. The summed E-state index contributed by atoms with van der Waals surface area (Å²) in [5, 5.41) is 0. The smallest absolute Gasteiger partial charge is 0.324 e. The molecule has 0 aliphatic carbocycles. The highest BCUT2D eigenvalue weighted by Gasteiger charge is 2.44. The molecular formula is C16H23N5O3S. The standard InChI is InChI=1S/C16H23N5O3S/c1-19(2)15(18-25(3,23)24)11-4-6-12(7-5-11)21-10-14-13(17)8-9-20(14)16(21)22/h4-7,13-14H,8-10,17H2,1-3H3/t13-,14-/m1/s1. The van der Waals surface area contributed by atoms with Crippen LogP contribution < -0.4 is 10.6 Å². The zero-order valence-electron chi connectivity index (χ0n) is 14.6. The lowest BCUT2D eigenvalue weighted by molar-refractivity contribution is 0.218. The van der Waals surface area contributed by atoms with Gasteiger partial charge in [0, 0.05) is 44.5 Å². The van der Waals surface area contributed by atoms with Gasteiger partial charge in [0.05, 0.1) is 12.3 Å². The minimum Gasteiger partial charge on any atom is -0.362 e. The van der Waals surface area contributed by atoms with Crippen molar-refractivity contribution in [1.29, 1.82) is 0 Å². The summed E-state index contributed by atoms with van der Waals surface area (Å²) in [5.41, 5.74) is 7.52. The van der Waals surface area contributed by atoms with E-state index in [0.717, 1.165) is 18.4 Å². The zero-order chi connectivity index (χ0) is 18.4. The summed E-state index contributed by atoms with van der Waals surface area (Å²) in [6.45, 7) is 1.28. The minimum absolute atomic E-state index is 0.0236. The Bertz CT molecular complexity index is 804. The molecule has 8 nitrogen and oxygen atoms in total. The third kappa shape index (κ3) is 3.47. The molecule has 2 atom stereocenters. The molecule has 2 aliphatic heterocycles. The predicted molar refractivity (Wildman–Crippen MR) is 97.3 cm³/mol. The summed E-state index contributed by atoms with van der Waals surface area (Å²) in [6, 6.07) is 7.23. The first-order chi connectivity index (χ1) is 11.7. The van der Waals surface area contributed by atoms with E-state index in [2.05, 4.69) is 4.40 Å². The quantitative estimate of drug-likeness (QED) is 0.613. The van der Waals surface area contributed by atoms with Crippen molar-refractivity contribution in [3.8, 4) is 0 Å². The van der Waals surface area contributed by atoms with Crippen molar-refractivity contribution >= 4 is 27.6 Å². The fraction of sp³-hybridized carbons (Fsp3) is 0.500. The van der Waals surface area contributed by atoms with Crippen LogP contribution in [-0.4, -0.2) is 75.6 Å². The van der Waals surface area contributed by atoms with Gasteiger partial charge in [-0.05, 0) is 30.7 Å². The lowest BCUT2D eigenvalue weighted by Crippen LogP contribution is -2.37. The molecular weight excluding hydrogens is 342 g/mol. The van der Waals surface area contributed by atoms with Gasteiger partial charge < -0.3 is 15.5 Å². The number of benzene rings is 1. The van der Waals surface area contributed by atoms with E-state index >= 15 is 0 Å². The second-order valence-corrected chi connectivity index (χ2v) is 8.34. The van der Waals surface area contributed by atoms with Gasteiger partial charge in [-0.25, -0.2) is 13.2 Å². The first kappa shape index (κ1) is 17.7. The molecule has 0 radical (unpaired) electrons. The number of amides is 2. The summed E-state index contributed by atoms with van der Waals surface area (Å²) in [4.78, 5) is 17.7. The molecule has 0 unspecified atom stereocenters. The fourth-order valence-electron chi connectivity index (χ4n) is 3.33. The highest BCUT2D eigenvalue weighted by atomic mass is 32.2. The Hall–Kier alpha value is -2.13. The average molecular weight is 365 g/mol. The number of carbonyl (C=O) groups excluding carboxylic acids is 1. The maximum atomic E-state index is 12.5. The lowest BCUT2D eigenvalue weighted by atomic mass is 10.1. The second-order valence-electron chi connectivity index (χ2n) is 6.70. The van der Waals surface area contributed by atoms with E-state index < -0.39 is 10.0 Å². The number of nitrogens with zero attached hydrogens (tertiary/aromatic N) is 4. The number of anilines is 1. The molecule has 3 rings (SSSR count). The number of fused-ring (bicyclic) bond motifs is 1. The van der Waals surface area contributed by atoms with E-state index in [1.165, 1.54) is 0 Å². The minimum atomic E-state index is -3.51. The zero-order valence-corrected chi connectivity index (χ0v) is 15.4. The Morgan fingerprint density at radius 3 is 2.44 bits per heavy atom. The van der Waals surface area contributed by atoms with Crippen molar-refractivity contribution in [2.75, 3.05) is 38.3 Å². The summed E-state index contributed by atoms with van der Waals surface area (Å²) in [6.07, 6.45) is 1.90. The van der Waals surface area contributed by atoms with Crippen molar-refractivity contribution in [2.24, 2.45) is 10.1 Å². The SMILES string of the molecule is CN(C)C(=NS(C)(=O)=O)c1ccc(N2C[C@@H]3[C@H](N)CCN3C2=O)cc1. The summed E-state index contributed by atoms with van der Waals surface area (Å²) >= 11 is 0. The molecule has 1 aromatic carbocycles. The van der Waals surface area contributed by atoms with Crippen LogP contribution in [0.4, 0.5) is 10.5 Å². The van der Waals surface area contributed by atoms with Crippen molar-refractivity contribution in [3.63, 3.8) is 0 Å². The lowest BCUT2D eigenvalue weighted by Gasteiger charge is -2.19. The van der Waals surface area contributed by atoms with Crippen molar-refractivity contribution in [1.82, 2.24) is 9.80 Å². The van der Waals surface area contributed by atoms with Crippen LogP contribution in [0.15, 0.2) is 28.7 Å². The number of amidine groups is 1. The number of hydrogen-bond acceptors (Lipinski definition) is 4. The molecule has 2 N–H and O–H groups in total. The van der Waals surface area contributed by atoms with E-state index in [9.17, 15) is 13.2 Å². The van der Waals surface area contributed by atoms with E-state index in [4.69, 9.17) is 5.73 Å². The van der Waals surface area contributed by atoms with Gasteiger partial charge in [-0.15, -0.1) is 4.40 Å². The number of carbonyl (C=O) groups is 1. The van der Waals surface area contributed by atoms with Crippen LogP contribution in [0, 0.1) is 0 Å². The van der Waals surface area contributed by atoms with E-state index in [1.807, 2.05) is 17.0 Å². The molecule has 9 heteroatoms. The van der Waals surface area contributed by atoms with E-state index in [1.54, 1.807) is 36.0 Å². The Balaban J connectivity index is 1.86. The van der Waals surface area contributed by atoms with Gasteiger partial charge in [-0.1, -0.05) is 0 Å². The normalized spacial score (nSPS) is 24.0. The predicted octanol–water partition coefficient (Wildman–Crippen LogP) is 0.296. The molecule has 0 spiro atoms. The highest BCUT2D eigenvalue weighted by molar-refractivity contribution is 7.89. The van der Waals surface area contributed by atoms with Gasteiger partial charge in [0.1, 0.15) is 5.84 Å². The van der Waals surface area contributed by atoms with E-state index in [-0.39, 0.29) is 18.1 Å². The van der Waals surface area contributed by atoms with Gasteiger partial charge in [0.25, 0.3) is 10.0 Å². The number of nitrogens with two attached hydrogens (primary N) is 1. The average Bonchev–Trinajstić information content (AvgIpc) is 3.05. The Morgan fingerprint density at radius 1 is 1.28 bits per heavy atom. The van der Waals surface area contributed by atoms with Crippen LogP contribution in [0.3, 0.4) is 0 Å². The van der Waals surface area contributed by atoms with Gasteiger partial charge in [0.15, 0.2) is 0 Å². The van der Waals surface area contributed by atoms with Crippen LogP contribution in [0.2, 0.25) is 0 Å². The first-order valence-corrected chi connectivity index (χ1v) is 9.93. The molecule has 25 heavy (non-hydrogen) atoms. The van der Waals surface area contributed by atoms with Gasteiger partial charge in [-0.2, -0.15) is 0 Å². The summed E-state index contributed by atoms with van der Waals surface area (Å²) < 4.78 is 26.8. The Labute approximate surface area is 148 Å². The fourth-order valence-corrected chi connectivity index (χ4v) is 3.91. The number of hydrogen-bond donors (Lipinski definition) is 1. The van der Waals surface area contributed by atoms with Crippen molar-refractivity contribution in [3.05, 3.63) is 29.8 Å². The van der Waals surface area contributed by atoms with Crippen LogP contribution in [-0.2, 0) is 10.0 Å². The second kappa shape index (κ2) is 6.30. The van der Waals surface area contributed by atoms with Crippen molar-refractivity contribution < 1.29 is 13.2 Å². The van der Waals surface area contributed by atoms with Crippen LogP contribution in [0.1, 0.15) is 12.0 Å². The maximum Gasteiger partial charge on any atom is 0.324 e. The monoisotopic (exact) mass is 365 g/mol. The number of sulfonamides is 1. The Kier molecular flexibility index (Phi) is 4.46. The maximum absolute atomic E-state index is 12.5. The molecule has 2 saturated heterocycles. The van der Waals surface area contributed by atoms with Crippen LogP contribution >= 0.6 is 0 Å². The van der Waals surface area contributed by atoms with E-state index in [0.29, 0.717) is 24.5 Å². The third-order valence-corrected chi connectivity index (χ3v) is 5.06. The molecule has 2 heterocycles. The molecule has 0 bridgehead atoms. The number of urea groups is 1. The molecule has 2 aliphatic rings.